The molecular formula is C16H17N3O4S. The van der Waals surface area contributed by atoms with E-state index >= 15 is 0 Å². The Morgan fingerprint density at radius 1 is 1.00 bits per heavy atom. The molecule has 3 rings (SSSR count). The Morgan fingerprint density at radius 2 is 1.75 bits per heavy atom. The third-order valence-electron chi connectivity index (χ3n) is 3.60. The molecule has 1 aromatic carbocycles. The number of rotatable bonds is 6. The highest BCUT2D eigenvalue weighted by Gasteiger charge is 2.22. The second-order valence-electron chi connectivity index (χ2n) is 5.60. The number of aromatic nitrogens is 3. The van der Waals surface area contributed by atoms with E-state index in [2.05, 4.69) is 15.3 Å². The first-order chi connectivity index (χ1) is 11.4. The van der Waals surface area contributed by atoms with Gasteiger partial charge in [-0.25, -0.2) is 8.42 Å². The quantitative estimate of drug-likeness (QED) is 0.675. The van der Waals surface area contributed by atoms with Crippen molar-refractivity contribution in [2.24, 2.45) is 0 Å². The van der Waals surface area contributed by atoms with E-state index in [0.717, 1.165) is 5.56 Å². The summed E-state index contributed by atoms with van der Waals surface area (Å²) in [5.74, 6) is 0.589. The topological polar surface area (TPSA) is 99.1 Å². The second-order valence-corrected chi connectivity index (χ2v) is 7.67. The lowest BCUT2D eigenvalue weighted by Gasteiger charge is -2.00. The van der Waals surface area contributed by atoms with E-state index in [9.17, 15) is 8.42 Å². The van der Waals surface area contributed by atoms with Gasteiger partial charge >= 0.3 is 0 Å². The van der Waals surface area contributed by atoms with Crippen LogP contribution >= 0.6 is 0 Å². The highest BCUT2D eigenvalue weighted by molar-refractivity contribution is 7.89. The molecular weight excluding hydrogens is 330 g/mol. The number of sulfone groups is 1. The van der Waals surface area contributed by atoms with Crippen LogP contribution in [0.5, 0.6) is 0 Å². The molecule has 2 heterocycles. The fraction of sp³-hybridized carbons (Fsp3) is 0.312. The molecule has 0 radical (unpaired) electrons. The number of hydrogen-bond acceptors (Lipinski definition) is 7. The molecule has 0 aliphatic heterocycles. The molecule has 0 bridgehead atoms. The molecule has 0 atom stereocenters. The van der Waals surface area contributed by atoms with Gasteiger partial charge in [-0.1, -0.05) is 40.6 Å². The molecule has 0 aliphatic rings. The Hall–Kier alpha value is -2.48. The van der Waals surface area contributed by atoms with Crippen LogP contribution in [0.25, 0.3) is 0 Å². The molecule has 0 aliphatic carbocycles. The summed E-state index contributed by atoms with van der Waals surface area (Å²) in [5, 5.41) is 7.61. The summed E-state index contributed by atoms with van der Waals surface area (Å²) < 4.78 is 34.8. The van der Waals surface area contributed by atoms with Crippen LogP contribution in [0.15, 0.2) is 39.4 Å². The zero-order valence-corrected chi connectivity index (χ0v) is 14.2. The van der Waals surface area contributed by atoms with Crippen molar-refractivity contribution < 1.29 is 17.5 Å². The Labute approximate surface area is 139 Å². The maximum Gasteiger partial charge on any atom is 0.241 e. The van der Waals surface area contributed by atoms with E-state index in [1.165, 1.54) is 0 Å². The monoisotopic (exact) mass is 347 g/mol. The van der Waals surface area contributed by atoms with Crippen molar-refractivity contribution in [3.63, 3.8) is 0 Å². The van der Waals surface area contributed by atoms with Crippen LogP contribution in [0.1, 0.15) is 34.3 Å². The Morgan fingerprint density at radius 3 is 2.42 bits per heavy atom. The minimum absolute atomic E-state index is 0.0905. The number of hydrogen-bond donors (Lipinski definition) is 0. The predicted octanol–water partition coefficient (Wildman–Crippen LogP) is 2.38. The first-order valence-corrected chi connectivity index (χ1v) is 9.22. The average Bonchev–Trinajstić information content (AvgIpc) is 3.09. The minimum Gasteiger partial charge on any atom is -0.361 e. The van der Waals surface area contributed by atoms with Crippen LogP contribution in [0.2, 0.25) is 0 Å². The van der Waals surface area contributed by atoms with Gasteiger partial charge in [0.2, 0.25) is 5.89 Å². The van der Waals surface area contributed by atoms with E-state index in [4.69, 9.17) is 9.05 Å². The fourth-order valence-corrected chi connectivity index (χ4v) is 3.81. The van der Waals surface area contributed by atoms with Crippen molar-refractivity contribution in [1.82, 2.24) is 15.3 Å². The highest BCUT2D eigenvalue weighted by Crippen LogP contribution is 2.18. The van der Waals surface area contributed by atoms with E-state index in [0.29, 0.717) is 29.3 Å². The van der Waals surface area contributed by atoms with Crippen molar-refractivity contribution >= 4 is 9.84 Å². The first kappa shape index (κ1) is 16.4. The molecule has 2 aromatic heterocycles. The molecule has 0 spiro atoms. The molecule has 0 saturated carbocycles. The average molecular weight is 347 g/mol. The third kappa shape index (κ3) is 3.88. The molecule has 0 N–H and O–H groups in total. The molecule has 126 valence electrons. The largest absolute Gasteiger partial charge is 0.361 e. The first-order valence-electron chi connectivity index (χ1n) is 7.40. The summed E-state index contributed by atoms with van der Waals surface area (Å²) in [6, 6.07) is 9.66. The molecule has 7 nitrogen and oxygen atoms in total. The van der Waals surface area contributed by atoms with Gasteiger partial charge in [-0.2, -0.15) is 4.98 Å². The van der Waals surface area contributed by atoms with Crippen LogP contribution in [0, 0.1) is 13.8 Å². The summed E-state index contributed by atoms with van der Waals surface area (Å²) in [6.45, 7) is 3.40. The van der Waals surface area contributed by atoms with Crippen LogP contribution in [0.4, 0.5) is 0 Å². The normalized spacial score (nSPS) is 11.8. The van der Waals surface area contributed by atoms with Crippen molar-refractivity contribution in [3.8, 4) is 0 Å². The third-order valence-corrected chi connectivity index (χ3v) is 5.02. The number of nitrogens with zero attached hydrogens (tertiary/aromatic N) is 3. The van der Waals surface area contributed by atoms with Gasteiger partial charge in [0, 0.05) is 12.0 Å². The zero-order valence-electron chi connectivity index (χ0n) is 13.4. The van der Waals surface area contributed by atoms with Crippen molar-refractivity contribution in [2.45, 2.75) is 31.8 Å². The van der Waals surface area contributed by atoms with Gasteiger partial charge in [0.15, 0.2) is 15.7 Å². The lowest BCUT2D eigenvalue weighted by atomic mass is 10.1. The van der Waals surface area contributed by atoms with Crippen molar-refractivity contribution in [3.05, 3.63) is 64.6 Å². The SMILES string of the molecule is Cc1noc(C)c1CS(=O)(=O)Cc1nc(Cc2ccccc2)no1. The van der Waals surface area contributed by atoms with Gasteiger partial charge < -0.3 is 9.05 Å². The van der Waals surface area contributed by atoms with E-state index in [1.807, 2.05) is 30.3 Å². The van der Waals surface area contributed by atoms with Crippen molar-refractivity contribution in [2.75, 3.05) is 0 Å². The Kier molecular flexibility index (Phi) is 4.48. The maximum atomic E-state index is 12.3. The summed E-state index contributed by atoms with van der Waals surface area (Å²) in [4.78, 5) is 4.17. The fourth-order valence-electron chi connectivity index (χ4n) is 2.37. The van der Waals surface area contributed by atoms with Crippen LogP contribution in [-0.2, 0) is 27.8 Å². The molecule has 24 heavy (non-hydrogen) atoms. The van der Waals surface area contributed by atoms with Crippen molar-refractivity contribution in [1.29, 1.82) is 0 Å². The summed E-state index contributed by atoms with van der Waals surface area (Å²) in [6.07, 6.45) is 0.494. The molecule has 0 amide bonds. The van der Waals surface area contributed by atoms with E-state index in [-0.39, 0.29) is 17.4 Å². The molecule has 0 fully saturated rings. The Balaban J connectivity index is 1.69. The van der Waals surface area contributed by atoms with Crippen LogP contribution < -0.4 is 0 Å². The van der Waals surface area contributed by atoms with Gasteiger partial charge in [0.05, 0.1) is 11.4 Å². The lowest BCUT2D eigenvalue weighted by molar-refractivity contribution is 0.383. The molecule has 3 aromatic rings. The molecule has 8 heteroatoms. The standard InChI is InChI=1S/C16H17N3O4S/c1-11-14(12(2)22-18-11)9-24(20,21)10-16-17-15(19-23-16)8-13-6-4-3-5-7-13/h3-7H,8-10H2,1-2H3. The van der Waals surface area contributed by atoms with E-state index in [1.54, 1.807) is 13.8 Å². The van der Waals surface area contributed by atoms with E-state index < -0.39 is 9.84 Å². The predicted molar refractivity (Wildman–Crippen MR) is 85.9 cm³/mol. The minimum atomic E-state index is -3.46. The smallest absolute Gasteiger partial charge is 0.241 e. The second kappa shape index (κ2) is 6.56. The maximum absolute atomic E-state index is 12.3. The summed E-state index contributed by atoms with van der Waals surface area (Å²) >= 11 is 0. The van der Waals surface area contributed by atoms with Crippen LogP contribution in [-0.4, -0.2) is 23.7 Å². The zero-order chi connectivity index (χ0) is 17.2. The lowest BCUT2D eigenvalue weighted by Crippen LogP contribution is -2.09. The van der Waals surface area contributed by atoms with Gasteiger partial charge in [0.1, 0.15) is 11.5 Å². The highest BCUT2D eigenvalue weighted by atomic mass is 32.2. The van der Waals surface area contributed by atoms with Gasteiger partial charge in [-0.15, -0.1) is 0 Å². The van der Waals surface area contributed by atoms with Gasteiger partial charge in [-0.3, -0.25) is 0 Å². The number of benzene rings is 1. The number of aryl methyl sites for hydroxylation is 2. The molecule has 0 saturated heterocycles. The summed E-state index contributed by atoms with van der Waals surface area (Å²) in [7, 11) is -3.46. The molecule has 0 unspecified atom stereocenters. The van der Waals surface area contributed by atoms with Gasteiger partial charge in [0.25, 0.3) is 0 Å². The van der Waals surface area contributed by atoms with Crippen LogP contribution in [0.3, 0.4) is 0 Å². The summed E-state index contributed by atoms with van der Waals surface area (Å²) in [5.41, 5.74) is 2.19. The Bertz CT molecular complexity index is 910. The van der Waals surface area contributed by atoms with Gasteiger partial charge in [-0.05, 0) is 19.4 Å².